The maximum Gasteiger partial charge on any atom is 0.272 e. The Morgan fingerprint density at radius 1 is 1.00 bits per heavy atom. The molecule has 1 aromatic heterocycles. The maximum absolute atomic E-state index is 14.5. The predicted molar refractivity (Wildman–Crippen MR) is 74.2 cm³/mol. The highest BCUT2D eigenvalue weighted by molar-refractivity contribution is 7.91. The monoisotopic (exact) mass is 304 g/mol. The van der Waals surface area contributed by atoms with Crippen LogP contribution in [-0.4, -0.2) is 18.6 Å². The zero-order chi connectivity index (χ0) is 15.0. The van der Waals surface area contributed by atoms with Crippen molar-refractivity contribution in [3.8, 4) is 0 Å². The van der Waals surface area contributed by atoms with Gasteiger partial charge in [-0.15, -0.1) is 0 Å². The molecule has 5 nitrogen and oxygen atoms in total. The number of sulfone groups is 1. The number of aromatic amines is 1. The highest BCUT2D eigenvalue weighted by Crippen LogP contribution is 2.26. The normalized spacial score (nSPS) is 11.7. The predicted octanol–water partition coefficient (Wildman–Crippen LogP) is 1.89. The van der Waals surface area contributed by atoms with Crippen molar-refractivity contribution in [3.63, 3.8) is 0 Å². The van der Waals surface area contributed by atoms with Crippen molar-refractivity contribution in [2.75, 3.05) is 0 Å². The number of benzene rings is 2. The lowest BCUT2D eigenvalue weighted by atomic mass is 10.2. The fourth-order valence-corrected chi connectivity index (χ4v) is 3.41. The third-order valence-corrected chi connectivity index (χ3v) is 4.88. The molecule has 2 aromatic carbocycles. The summed E-state index contributed by atoms with van der Waals surface area (Å²) in [6.45, 7) is 0. The topological polar surface area (TPSA) is 79.9 Å². The molecule has 7 heteroatoms. The molecule has 0 spiro atoms. The van der Waals surface area contributed by atoms with Crippen LogP contribution in [0.5, 0.6) is 0 Å². The number of hydrogen-bond donors (Lipinski definition) is 1. The molecule has 106 valence electrons. The lowest BCUT2D eigenvalue weighted by molar-refractivity contribution is 0.572. The van der Waals surface area contributed by atoms with Crippen molar-refractivity contribution < 1.29 is 12.8 Å². The van der Waals surface area contributed by atoms with E-state index < -0.39 is 26.1 Å². The number of H-pyrrole nitrogens is 1. The van der Waals surface area contributed by atoms with Gasteiger partial charge in [-0.1, -0.05) is 18.2 Å². The summed E-state index contributed by atoms with van der Waals surface area (Å²) in [7, 11) is -3.99. The van der Waals surface area contributed by atoms with Gasteiger partial charge in [0.05, 0.1) is 16.5 Å². The first-order valence-electron chi connectivity index (χ1n) is 5.98. The van der Waals surface area contributed by atoms with Crippen LogP contribution in [0.3, 0.4) is 0 Å². The first-order chi connectivity index (χ1) is 10.0. The largest absolute Gasteiger partial charge is 0.272 e. The molecule has 0 unspecified atom stereocenters. The summed E-state index contributed by atoms with van der Waals surface area (Å²) in [5, 5.41) is 5.59. The number of hydrogen-bond acceptors (Lipinski definition) is 4. The van der Waals surface area contributed by atoms with Gasteiger partial charge in [-0.2, -0.15) is 5.10 Å². The van der Waals surface area contributed by atoms with Crippen molar-refractivity contribution in [2.45, 2.75) is 9.79 Å². The molecule has 3 rings (SSSR count). The van der Waals surface area contributed by atoms with E-state index in [4.69, 9.17) is 0 Å². The summed E-state index contributed by atoms with van der Waals surface area (Å²) in [5.74, 6) is -0.977. The van der Waals surface area contributed by atoms with Crippen LogP contribution in [-0.2, 0) is 9.84 Å². The van der Waals surface area contributed by atoms with Gasteiger partial charge in [0.25, 0.3) is 5.56 Å². The first kappa shape index (κ1) is 13.4. The summed E-state index contributed by atoms with van der Waals surface area (Å²) >= 11 is 0. The Labute approximate surface area is 119 Å². The van der Waals surface area contributed by atoms with Gasteiger partial charge in [0.15, 0.2) is 5.82 Å². The fraction of sp³-hybridized carbons (Fsp3) is 0. The molecule has 0 aliphatic heterocycles. The van der Waals surface area contributed by atoms with E-state index in [9.17, 15) is 17.6 Å². The van der Waals surface area contributed by atoms with Gasteiger partial charge in [0.1, 0.15) is 4.90 Å². The Balaban J connectivity index is 2.32. The Hall–Kier alpha value is -2.54. The van der Waals surface area contributed by atoms with Crippen LogP contribution in [0.25, 0.3) is 10.8 Å². The average Bonchev–Trinajstić information content (AvgIpc) is 2.49. The van der Waals surface area contributed by atoms with Gasteiger partial charge >= 0.3 is 0 Å². The lowest BCUT2D eigenvalue weighted by Gasteiger charge is -2.07. The van der Waals surface area contributed by atoms with Crippen molar-refractivity contribution in [3.05, 3.63) is 64.8 Å². The molecule has 0 bridgehead atoms. The third-order valence-electron chi connectivity index (χ3n) is 3.09. The molecular formula is C14H9FN2O3S. The molecule has 21 heavy (non-hydrogen) atoms. The molecule has 0 aliphatic carbocycles. The SMILES string of the molecule is O=c1[nH]ncc2c(F)c(S(=O)(=O)c3ccccc3)ccc12. The average molecular weight is 304 g/mol. The highest BCUT2D eigenvalue weighted by Gasteiger charge is 2.23. The number of fused-ring (bicyclic) bond motifs is 1. The number of aromatic nitrogens is 2. The van der Waals surface area contributed by atoms with E-state index in [1.165, 1.54) is 18.2 Å². The van der Waals surface area contributed by atoms with E-state index in [2.05, 4.69) is 10.2 Å². The molecular weight excluding hydrogens is 295 g/mol. The minimum Gasteiger partial charge on any atom is -0.267 e. The second kappa shape index (κ2) is 4.78. The van der Waals surface area contributed by atoms with Crippen LogP contribution in [0.2, 0.25) is 0 Å². The Morgan fingerprint density at radius 3 is 2.43 bits per heavy atom. The van der Waals surface area contributed by atoms with Gasteiger partial charge in [0, 0.05) is 5.39 Å². The highest BCUT2D eigenvalue weighted by atomic mass is 32.2. The van der Waals surface area contributed by atoms with Gasteiger partial charge in [-0.3, -0.25) is 4.79 Å². The molecule has 3 aromatic rings. The fourth-order valence-electron chi connectivity index (χ4n) is 2.05. The molecule has 1 heterocycles. The maximum atomic E-state index is 14.5. The molecule has 0 saturated heterocycles. The van der Waals surface area contributed by atoms with Crippen LogP contribution >= 0.6 is 0 Å². The second-order valence-electron chi connectivity index (χ2n) is 4.35. The van der Waals surface area contributed by atoms with E-state index in [0.717, 1.165) is 12.3 Å². The summed E-state index contributed by atoms with van der Waals surface area (Å²) in [6, 6.07) is 9.91. The molecule has 0 atom stereocenters. The molecule has 0 saturated carbocycles. The zero-order valence-electron chi connectivity index (χ0n) is 10.6. The Morgan fingerprint density at radius 2 is 1.71 bits per heavy atom. The standard InChI is InChI=1S/C14H9FN2O3S/c15-13-11-8-16-17-14(18)10(11)6-7-12(13)21(19,20)9-4-2-1-3-5-9/h1-8H,(H,17,18). The number of halogens is 1. The zero-order valence-corrected chi connectivity index (χ0v) is 11.4. The smallest absolute Gasteiger partial charge is 0.267 e. The number of nitrogens with one attached hydrogen (secondary N) is 1. The van der Waals surface area contributed by atoms with E-state index in [0.29, 0.717) is 0 Å². The Kier molecular flexibility index (Phi) is 3.06. The third kappa shape index (κ3) is 2.11. The van der Waals surface area contributed by atoms with E-state index >= 15 is 0 Å². The van der Waals surface area contributed by atoms with Crippen LogP contribution in [0.4, 0.5) is 4.39 Å². The van der Waals surface area contributed by atoms with Crippen molar-refractivity contribution in [1.29, 1.82) is 0 Å². The van der Waals surface area contributed by atoms with E-state index in [1.54, 1.807) is 18.2 Å². The molecule has 0 radical (unpaired) electrons. The van der Waals surface area contributed by atoms with Crippen LogP contribution < -0.4 is 5.56 Å². The summed E-state index contributed by atoms with van der Waals surface area (Å²) in [5.41, 5.74) is -0.574. The molecule has 0 aliphatic rings. The van der Waals surface area contributed by atoms with Gasteiger partial charge in [-0.05, 0) is 24.3 Å². The van der Waals surface area contributed by atoms with Crippen molar-refractivity contribution >= 4 is 20.6 Å². The molecule has 0 fully saturated rings. The van der Waals surface area contributed by atoms with Crippen LogP contribution in [0.1, 0.15) is 0 Å². The Bertz CT molecular complexity index is 982. The van der Waals surface area contributed by atoms with Crippen LogP contribution in [0.15, 0.2) is 63.2 Å². The van der Waals surface area contributed by atoms with Gasteiger partial charge < -0.3 is 0 Å². The van der Waals surface area contributed by atoms with Crippen molar-refractivity contribution in [1.82, 2.24) is 10.2 Å². The van der Waals surface area contributed by atoms with Gasteiger partial charge in [-0.25, -0.2) is 17.9 Å². The second-order valence-corrected chi connectivity index (χ2v) is 6.27. The lowest BCUT2D eigenvalue weighted by Crippen LogP contribution is -2.11. The first-order valence-corrected chi connectivity index (χ1v) is 7.46. The quantitative estimate of drug-likeness (QED) is 0.784. The summed E-state index contributed by atoms with van der Waals surface area (Å²) < 4.78 is 39.3. The molecule has 0 amide bonds. The summed E-state index contributed by atoms with van der Waals surface area (Å²) in [4.78, 5) is 11.0. The van der Waals surface area contributed by atoms with E-state index in [-0.39, 0.29) is 15.7 Å². The van der Waals surface area contributed by atoms with E-state index in [1.807, 2.05) is 0 Å². The number of nitrogens with zero attached hydrogens (tertiary/aromatic N) is 1. The minimum absolute atomic E-state index is 0.0129. The minimum atomic E-state index is -3.99. The number of rotatable bonds is 2. The molecule has 1 N–H and O–H groups in total. The van der Waals surface area contributed by atoms with Crippen LogP contribution in [0, 0.1) is 5.82 Å². The van der Waals surface area contributed by atoms with Gasteiger partial charge in [0.2, 0.25) is 9.84 Å². The van der Waals surface area contributed by atoms with Crippen molar-refractivity contribution in [2.24, 2.45) is 0 Å². The summed E-state index contributed by atoms with van der Waals surface area (Å²) in [6.07, 6.45) is 1.09.